The number of nitrogens with zero attached hydrogens (tertiary/aromatic N) is 4. The van der Waals surface area contributed by atoms with Crippen molar-refractivity contribution in [1.29, 1.82) is 0 Å². The summed E-state index contributed by atoms with van der Waals surface area (Å²) in [5.74, 6) is 1.22. The number of hydrogen-bond acceptors (Lipinski definition) is 7. The lowest BCUT2D eigenvalue weighted by Gasteiger charge is -2.25. The lowest BCUT2D eigenvalue weighted by molar-refractivity contribution is 0.0738. The van der Waals surface area contributed by atoms with Gasteiger partial charge in [-0.25, -0.2) is 14.4 Å². The molecule has 0 aliphatic carbocycles. The molecule has 2 aliphatic heterocycles. The Morgan fingerprint density at radius 2 is 2.03 bits per heavy atom. The van der Waals surface area contributed by atoms with E-state index in [1.807, 2.05) is 13.1 Å². The molecule has 0 radical (unpaired) electrons. The van der Waals surface area contributed by atoms with E-state index in [-0.39, 0.29) is 35.8 Å². The first-order valence-electron chi connectivity index (χ1n) is 10.7. The number of likely N-dealkylation sites (tertiary alicyclic amines) is 1. The number of anilines is 2. The third-order valence-electron chi connectivity index (χ3n) is 6.01. The van der Waals surface area contributed by atoms with Gasteiger partial charge in [-0.05, 0) is 50.3 Å². The van der Waals surface area contributed by atoms with Crippen molar-refractivity contribution in [3.63, 3.8) is 0 Å². The zero-order chi connectivity index (χ0) is 22.9. The molecule has 8 nitrogen and oxygen atoms in total. The first kappa shape index (κ1) is 21.1. The second-order valence-electron chi connectivity index (χ2n) is 8.25. The number of likely N-dealkylation sites (N-methyl/N-ethyl adjacent to an activating group) is 2. The van der Waals surface area contributed by atoms with Crippen molar-refractivity contribution in [2.24, 2.45) is 0 Å². The number of aromatic nitrogens is 2. The van der Waals surface area contributed by atoms with Crippen molar-refractivity contribution in [1.82, 2.24) is 19.8 Å². The Morgan fingerprint density at radius 1 is 1.21 bits per heavy atom. The van der Waals surface area contributed by atoms with Gasteiger partial charge in [0.2, 0.25) is 6.79 Å². The monoisotopic (exact) mass is 449 g/mol. The average molecular weight is 449 g/mol. The predicted molar refractivity (Wildman–Crippen MR) is 121 cm³/mol. The molecule has 1 N–H and O–H groups in total. The molecule has 170 valence electrons. The molecule has 2 aromatic carbocycles. The van der Waals surface area contributed by atoms with Gasteiger partial charge in [-0.1, -0.05) is 12.1 Å². The molecule has 0 bridgehead atoms. The van der Waals surface area contributed by atoms with Crippen LogP contribution in [0.4, 0.5) is 15.9 Å². The van der Waals surface area contributed by atoms with E-state index in [0.717, 1.165) is 19.5 Å². The van der Waals surface area contributed by atoms with Crippen LogP contribution in [0, 0.1) is 5.82 Å². The summed E-state index contributed by atoms with van der Waals surface area (Å²) in [5, 5.41) is 3.00. The predicted octanol–water partition coefficient (Wildman–Crippen LogP) is 3.53. The SMILES string of the molecule is CN1CC[C@@H](N(C)C(=O)c2cnc(-c3ccc4c(c3)OCO4)nc2Nc2ccccc2F)C1. The fourth-order valence-corrected chi connectivity index (χ4v) is 4.08. The topological polar surface area (TPSA) is 79.8 Å². The minimum atomic E-state index is -0.440. The van der Waals surface area contributed by atoms with Gasteiger partial charge in [0.05, 0.1) is 5.69 Å². The standard InChI is InChI=1S/C24H24FN5O3/c1-29-10-9-16(13-29)30(2)24(31)17-12-26-22(15-7-8-20-21(11-15)33-14-32-20)28-23(17)27-19-6-4-3-5-18(19)25/h3-8,11-12,16H,9-10,13-14H2,1-2H3,(H,26,27,28)/t16-/m1/s1. The molecule has 0 saturated carbocycles. The van der Waals surface area contributed by atoms with Gasteiger partial charge in [-0.3, -0.25) is 4.79 Å². The third kappa shape index (κ3) is 4.19. The molecule has 3 aromatic rings. The number of ether oxygens (including phenoxy) is 2. The van der Waals surface area contributed by atoms with E-state index < -0.39 is 5.82 Å². The lowest BCUT2D eigenvalue weighted by atomic mass is 10.1. The number of fused-ring (bicyclic) bond motifs is 1. The average Bonchev–Trinajstić information content (AvgIpc) is 3.48. The summed E-state index contributed by atoms with van der Waals surface area (Å²) in [6.45, 7) is 1.90. The zero-order valence-electron chi connectivity index (χ0n) is 18.4. The summed E-state index contributed by atoms with van der Waals surface area (Å²) >= 11 is 0. The van der Waals surface area contributed by atoms with Gasteiger partial charge in [0.1, 0.15) is 17.2 Å². The molecule has 5 rings (SSSR count). The van der Waals surface area contributed by atoms with E-state index in [1.165, 1.54) is 12.3 Å². The van der Waals surface area contributed by atoms with Gasteiger partial charge in [-0.15, -0.1) is 0 Å². The Morgan fingerprint density at radius 3 is 2.82 bits per heavy atom. The molecule has 0 unspecified atom stereocenters. The van der Waals surface area contributed by atoms with E-state index in [9.17, 15) is 9.18 Å². The maximum atomic E-state index is 14.4. The zero-order valence-corrected chi connectivity index (χ0v) is 18.4. The van der Waals surface area contributed by atoms with Crippen molar-refractivity contribution in [2.45, 2.75) is 12.5 Å². The molecule has 1 aromatic heterocycles. The quantitative estimate of drug-likeness (QED) is 0.638. The summed E-state index contributed by atoms with van der Waals surface area (Å²) < 4.78 is 25.2. The van der Waals surface area contributed by atoms with Crippen molar-refractivity contribution >= 4 is 17.4 Å². The van der Waals surface area contributed by atoms with Crippen LogP contribution in [0.25, 0.3) is 11.4 Å². The summed E-state index contributed by atoms with van der Waals surface area (Å²) in [6.07, 6.45) is 2.39. The van der Waals surface area contributed by atoms with Crippen LogP contribution in [-0.4, -0.2) is 65.7 Å². The first-order chi connectivity index (χ1) is 16.0. The van der Waals surface area contributed by atoms with Gasteiger partial charge < -0.3 is 24.6 Å². The van der Waals surface area contributed by atoms with Crippen LogP contribution in [-0.2, 0) is 0 Å². The van der Waals surface area contributed by atoms with E-state index in [4.69, 9.17) is 9.47 Å². The van der Waals surface area contributed by atoms with Crippen molar-refractivity contribution < 1.29 is 18.7 Å². The third-order valence-corrected chi connectivity index (χ3v) is 6.01. The first-order valence-corrected chi connectivity index (χ1v) is 10.7. The highest BCUT2D eigenvalue weighted by Gasteiger charge is 2.29. The van der Waals surface area contributed by atoms with Crippen LogP contribution in [0.15, 0.2) is 48.7 Å². The number of hydrogen-bond donors (Lipinski definition) is 1. The van der Waals surface area contributed by atoms with Crippen LogP contribution in [0.1, 0.15) is 16.8 Å². The second-order valence-corrected chi connectivity index (χ2v) is 8.25. The van der Waals surface area contributed by atoms with Crippen molar-refractivity contribution in [3.05, 3.63) is 60.0 Å². The molecule has 1 amide bonds. The highest BCUT2D eigenvalue weighted by atomic mass is 19.1. The fraction of sp³-hybridized carbons (Fsp3) is 0.292. The van der Waals surface area contributed by atoms with Crippen molar-refractivity contribution in [2.75, 3.05) is 39.3 Å². The van der Waals surface area contributed by atoms with Crippen LogP contribution < -0.4 is 14.8 Å². The molecule has 1 fully saturated rings. The number of amides is 1. The summed E-state index contributed by atoms with van der Waals surface area (Å²) in [4.78, 5) is 26.3. The Hall–Kier alpha value is -3.72. The molecule has 3 heterocycles. The van der Waals surface area contributed by atoms with Crippen LogP contribution in [0.2, 0.25) is 0 Å². The van der Waals surface area contributed by atoms with Crippen LogP contribution >= 0.6 is 0 Å². The largest absolute Gasteiger partial charge is 0.454 e. The highest BCUT2D eigenvalue weighted by Crippen LogP contribution is 2.35. The van der Waals surface area contributed by atoms with E-state index in [2.05, 4.69) is 20.2 Å². The molecule has 2 aliphatic rings. The number of para-hydroxylation sites is 1. The van der Waals surface area contributed by atoms with Crippen LogP contribution in [0.5, 0.6) is 11.5 Å². The Labute approximate surface area is 191 Å². The Balaban J connectivity index is 1.52. The highest BCUT2D eigenvalue weighted by molar-refractivity contribution is 5.99. The van der Waals surface area contributed by atoms with Gasteiger partial charge in [0.15, 0.2) is 17.3 Å². The maximum Gasteiger partial charge on any atom is 0.259 e. The number of benzene rings is 2. The lowest BCUT2D eigenvalue weighted by Crippen LogP contribution is -2.39. The molecule has 1 atom stereocenters. The van der Waals surface area contributed by atoms with E-state index >= 15 is 0 Å². The normalized spacial score (nSPS) is 17.2. The number of halogens is 1. The van der Waals surface area contributed by atoms with Gasteiger partial charge >= 0.3 is 0 Å². The summed E-state index contributed by atoms with van der Waals surface area (Å²) in [6, 6.07) is 11.8. The fourth-order valence-electron chi connectivity index (χ4n) is 4.08. The molecule has 33 heavy (non-hydrogen) atoms. The molecular weight excluding hydrogens is 425 g/mol. The molecule has 0 spiro atoms. The molecular formula is C24H24FN5O3. The Bertz CT molecular complexity index is 1200. The number of carbonyl (C=O) groups excluding carboxylic acids is 1. The summed E-state index contributed by atoms with van der Waals surface area (Å²) in [7, 11) is 3.82. The Kier molecular flexibility index (Phi) is 5.55. The van der Waals surface area contributed by atoms with E-state index in [1.54, 1.807) is 42.3 Å². The number of nitrogens with one attached hydrogen (secondary N) is 1. The van der Waals surface area contributed by atoms with Gasteiger partial charge in [0.25, 0.3) is 5.91 Å². The molecule has 9 heteroatoms. The second kappa shape index (κ2) is 8.67. The minimum Gasteiger partial charge on any atom is -0.454 e. The van der Waals surface area contributed by atoms with Gasteiger partial charge in [0, 0.05) is 31.4 Å². The smallest absolute Gasteiger partial charge is 0.259 e. The van der Waals surface area contributed by atoms with Crippen molar-refractivity contribution in [3.8, 4) is 22.9 Å². The number of rotatable bonds is 5. The minimum absolute atomic E-state index is 0.0948. The summed E-state index contributed by atoms with van der Waals surface area (Å²) in [5.41, 5.74) is 1.20. The van der Waals surface area contributed by atoms with E-state index in [0.29, 0.717) is 22.9 Å². The van der Waals surface area contributed by atoms with Gasteiger partial charge in [-0.2, -0.15) is 0 Å². The van der Waals surface area contributed by atoms with Crippen LogP contribution in [0.3, 0.4) is 0 Å². The maximum absolute atomic E-state index is 14.4. The number of carbonyl (C=O) groups is 1. The molecule has 1 saturated heterocycles.